The van der Waals surface area contributed by atoms with Gasteiger partial charge in [-0.1, -0.05) is 43.2 Å². The highest BCUT2D eigenvalue weighted by molar-refractivity contribution is 7.11. The molecule has 40 heavy (non-hydrogen) atoms. The molecule has 1 aliphatic rings. The minimum atomic E-state index is -5.19. The number of aliphatic imine (C=N–C) groups is 1. The Kier molecular flexibility index (Phi) is 10.9. The summed E-state index contributed by atoms with van der Waals surface area (Å²) in [6.07, 6.45) is 2.17. The van der Waals surface area contributed by atoms with E-state index in [-0.39, 0.29) is 17.9 Å². The van der Waals surface area contributed by atoms with E-state index in [9.17, 15) is 22.8 Å². The number of carbonyl (C=O) groups is 3. The van der Waals surface area contributed by atoms with Crippen LogP contribution in [0.5, 0.6) is 0 Å². The quantitative estimate of drug-likeness (QED) is 0.319. The highest BCUT2D eigenvalue weighted by atomic mass is 32.1. The van der Waals surface area contributed by atoms with Crippen LogP contribution in [0.4, 0.5) is 13.2 Å². The predicted octanol–water partition coefficient (Wildman–Crippen LogP) is 2.36. The van der Waals surface area contributed by atoms with Gasteiger partial charge in [-0.05, 0) is 35.7 Å². The van der Waals surface area contributed by atoms with Crippen LogP contribution in [0.25, 0.3) is 16.5 Å². The van der Waals surface area contributed by atoms with E-state index in [2.05, 4.69) is 56.3 Å². The Labute approximate surface area is 232 Å². The largest absolute Gasteiger partial charge is 0.542 e. The smallest absolute Gasteiger partial charge is 0.430 e. The summed E-state index contributed by atoms with van der Waals surface area (Å²) < 4.78 is 31.5. The van der Waals surface area contributed by atoms with Crippen molar-refractivity contribution < 1.29 is 38.0 Å². The molecule has 0 aliphatic carbocycles. The van der Waals surface area contributed by atoms with Crippen LogP contribution in [-0.4, -0.2) is 47.9 Å². The van der Waals surface area contributed by atoms with Gasteiger partial charge in [-0.2, -0.15) is 13.2 Å². The maximum atomic E-state index is 12.7. The minimum Gasteiger partial charge on any atom is -0.542 e. The number of carboxylic acid groups (broad SMARTS) is 1. The number of unbranched alkanes of at least 4 members (excludes halogenated alkanes) is 2. The minimum absolute atomic E-state index is 0.0581. The third-order valence-corrected chi connectivity index (χ3v) is 6.74. The molecule has 0 spiro atoms. The lowest BCUT2D eigenvalue weighted by Gasteiger charge is -2.16. The second kappa shape index (κ2) is 14.3. The summed E-state index contributed by atoms with van der Waals surface area (Å²) in [6.45, 7) is 0. The zero-order valence-corrected chi connectivity index (χ0v) is 22.3. The van der Waals surface area contributed by atoms with Crippen molar-refractivity contribution in [2.45, 2.75) is 44.3 Å². The molecule has 9 nitrogen and oxygen atoms in total. The monoisotopic (exact) mass is 575 g/mol. The van der Waals surface area contributed by atoms with E-state index in [1.54, 1.807) is 18.8 Å². The Morgan fingerprint density at radius 1 is 1.07 bits per heavy atom. The molecule has 4 rings (SSSR count). The zero-order chi connectivity index (χ0) is 29.1. The summed E-state index contributed by atoms with van der Waals surface area (Å²) >= 11 is 1.32. The van der Waals surface area contributed by atoms with Gasteiger partial charge >= 0.3 is 6.18 Å². The fourth-order valence-corrected chi connectivity index (χ4v) is 4.41. The number of amidine groups is 1. The van der Waals surface area contributed by atoms with Gasteiger partial charge < -0.3 is 20.5 Å². The van der Waals surface area contributed by atoms with Crippen LogP contribution in [0.2, 0.25) is 0 Å². The number of alkyl halides is 3. The van der Waals surface area contributed by atoms with Crippen LogP contribution in [0.1, 0.15) is 47.3 Å². The number of nitrogens with two attached hydrogens (primary N) is 1. The number of carbonyl (C=O) groups excluding carboxylic acids is 3. The average molecular weight is 576 g/mol. The molecule has 0 fully saturated rings. The molecular weight excluding hydrogens is 547 g/mol. The van der Waals surface area contributed by atoms with Crippen LogP contribution in [0.15, 0.2) is 65.4 Å². The Hall–Kier alpha value is -4.10. The highest BCUT2D eigenvalue weighted by Crippen LogP contribution is 2.20. The maximum Gasteiger partial charge on any atom is 0.430 e. The molecule has 1 atom stereocenters. The Morgan fingerprint density at radius 2 is 1.80 bits per heavy atom. The van der Waals surface area contributed by atoms with Gasteiger partial charge in [-0.25, -0.2) is 4.99 Å². The number of quaternary nitrogens is 1. The molecule has 1 aromatic heterocycles. The molecule has 2 heterocycles. The Balaban J connectivity index is 0.000000559. The van der Waals surface area contributed by atoms with Gasteiger partial charge in [0.25, 0.3) is 5.91 Å². The number of nitrogens with zero attached hydrogens (tertiary/aromatic N) is 2. The van der Waals surface area contributed by atoms with Crippen molar-refractivity contribution in [3.63, 3.8) is 0 Å². The number of fused-ring (bicyclic) bond motifs is 1. The van der Waals surface area contributed by atoms with Crippen molar-refractivity contribution in [1.29, 1.82) is 0 Å². The topological polar surface area (TPSA) is 140 Å². The van der Waals surface area contributed by atoms with Crippen LogP contribution < -0.4 is 21.1 Å². The Morgan fingerprint density at radius 3 is 2.45 bits per heavy atom. The number of hydrogen-bond acceptors (Lipinski definition) is 7. The number of nitrogens with one attached hydrogen (secondary N) is 2. The van der Waals surface area contributed by atoms with Crippen molar-refractivity contribution in [2.75, 3.05) is 7.05 Å². The maximum absolute atomic E-state index is 12.7. The van der Waals surface area contributed by atoms with Gasteiger partial charge in [0, 0.05) is 19.0 Å². The fraction of sp³-hybridized carbons (Fsp3) is 0.296. The number of hydrogen-bond donors (Lipinski definition) is 3. The van der Waals surface area contributed by atoms with Crippen molar-refractivity contribution in [1.82, 2.24) is 15.6 Å². The summed E-state index contributed by atoms with van der Waals surface area (Å²) in [5.41, 5.74) is 3.79. The van der Waals surface area contributed by atoms with Crippen LogP contribution in [0, 0.1) is 0 Å². The Bertz CT molecular complexity index is 1390. The van der Waals surface area contributed by atoms with Crippen molar-refractivity contribution in [3.05, 3.63) is 70.8 Å². The molecule has 2 amide bonds. The van der Waals surface area contributed by atoms with Gasteiger partial charge in [0.1, 0.15) is 16.9 Å². The number of aromatic nitrogens is 1. The zero-order valence-electron chi connectivity index (χ0n) is 21.5. The van der Waals surface area contributed by atoms with E-state index in [0.29, 0.717) is 11.3 Å². The average Bonchev–Trinajstić information content (AvgIpc) is 3.65. The first kappa shape index (κ1) is 30.4. The summed E-state index contributed by atoms with van der Waals surface area (Å²) in [5, 5.41) is 19.0. The third-order valence-electron chi connectivity index (χ3n) is 5.96. The lowest BCUT2D eigenvalue weighted by molar-refractivity contribution is -0.434. The molecule has 0 saturated heterocycles. The molecule has 2 aromatic carbocycles. The van der Waals surface area contributed by atoms with Crippen molar-refractivity contribution in [2.24, 2.45) is 4.99 Å². The number of rotatable bonds is 10. The molecule has 13 heteroatoms. The van der Waals surface area contributed by atoms with Gasteiger partial charge in [0.2, 0.25) is 11.7 Å². The third kappa shape index (κ3) is 8.99. The van der Waals surface area contributed by atoms with Gasteiger partial charge in [-0.15, -0.1) is 11.3 Å². The lowest BCUT2D eigenvalue weighted by atomic mass is 10.0. The van der Waals surface area contributed by atoms with E-state index in [1.165, 1.54) is 22.1 Å². The molecule has 212 valence electrons. The predicted molar refractivity (Wildman–Crippen MR) is 143 cm³/mol. The van der Waals surface area contributed by atoms with E-state index in [1.807, 2.05) is 18.3 Å². The number of amides is 2. The summed E-state index contributed by atoms with van der Waals surface area (Å²) in [4.78, 5) is 42.2. The van der Waals surface area contributed by atoms with E-state index in [0.717, 1.165) is 42.8 Å². The molecule has 0 saturated carbocycles. The molecule has 1 aliphatic heterocycles. The normalized spacial score (nSPS) is 13.5. The van der Waals surface area contributed by atoms with Gasteiger partial charge in [0.15, 0.2) is 5.70 Å². The standard InChI is InChI=1S/C25H27N5O2S.C2HF3O2/c1-26-23(31)10-4-2-3-9-20(30-25(32)22-15-27-16-33-22)24-28-14-21(29-24)19-12-11-17-7-5-6-8-18(17)13-19;3-2(4,5)1(6)7/h5-8,11-16,20H,2-4,9-10H2,1H3,(H,26,31)(H,28,29)(H,30,32);(H,6,7)/t20-;/m0./s1. The van der Waals surface area contributed by atoms with E-state index >= 15 is 0 Å². The molecular formula is C27H28F3N5O4S. The molecule has 0 radical (unpaired) electrons. The van der Waals surface area contributed by atoms with Crippen molar-refractivity contribution in [3.8, 4) is 0 Å². The lowest BCUT2D eigenvalue weighted by Crippen LogP contribution is -2.87. The highest BCUT2D eigenvalue weighted by Gasteiger charge is 2.29. The second-order valence-corrected chi connectivity index (χ2v) is 9.68. The number of carboxylic acids is 1. The van der Waals surface area contributed by atoms with Crippen LogP contribution in [0.3, 0.4) is 0 Å². The number of halogens is 3. The molecule has 3 aromatic rings. The summed E-state index contributed by atoms with van der Waals surface area (Å²) in [5.74, 6) is -2.24. The number of thiazole rings is 1. The second-order valence-electron chi connectivity index (χ2n) is 8.79. The molecule has 0 unspecified atom stereocenters. The SMILES string of the molecule is CNC(=O)CCCCC[C@H](NC(=O)c1cncs1)C1=NC=C(c2ccc3ccccc3c2)[NH2+]1.O=C([O-])C(F)(F)F. The van der Waals surface area contributed by atoms with Crippen LogP contribution in [-0.2, 0) is 9.59 Å². The fourth-order valence-electron chi connectivity index (χ4n) is 3.88. The summed E-state index contributed by atoms with van der Waals surface area (Å²) in [6, 6.07) is 14.5. The molecule has 4 N–H and O–H groups in total. The van der Waals surface area contributed by atoms with E-state index in [4.69, 9.17) is 9.90 Å². The number of aliphatic carboxylic acids is 1. The van der Waals surface area contributed by atoms with E-state index < -0.39 is 12.1 Å². The van der Waals surface area contributed by atoms with Gasteiger partial charge in [-0.3, -0.25) is 19.9 Å². The van der Waals surface area contributed by atoms with Crippen molar-refractivity contribution >= 4 is 51.4 Å². The van der Waals surface area contributed by atoms with Crippen LogP contribution >= 0.6 is 11.3 Å². The first-order chi connectivity index (χ1) is 19.1. The first-order valence-corrected chi connectivity index (χ1v) is 13.3. The number of benzene rings is 2. The van der Waals surface area contributed by atoms with Gasteiger partial charge in [0.05, 0.1) is 17.9 Å². The summed E-state index contributed by atoms with van der Waals surface area (Å²) in [7, 11) is 1.65. The first-order valence-electron chi connectivity index (χ1n) is 12.4. The molecule has 0 bridgehead atoms.